The van der Waals surface area contributed by atoms with Crippen LogP contribution >= 0.6 is 0 Å². The van der Waals surface area contributed by atoms with Crippen LogP contribution < -0.4 is 0 Å². The normalized spacial score (nSPS) is 21.6. The number of rotatable bonds is 11. The Morgan fingerprint density at radius 3 is 1.66 bits per heavy atom. The highest BCUT2D eigenvalue weighted by atomic mass is 19.4. The lowest BCUT2D eigenvalue weighted by Crippen LogP contribution is -2.51. The average molecular weight is 561 g/mol. The molecular formula is C34H31F3O4. The molecule has 4 aromatic carbocycles. The average Bonchev–Trinajstić information content (AvgIpc) is 3.67. The zero-order chi connectivity index (χ0) is 29.0. The van der Waals surface area contributed by atoms with Gasteiger partial charge in [-0.25, -0.2) is 4.79 Å². The molecule has 1 saturated heterocycles. The van der Waals surface area contributed by atoms with Crippen LogP contribution in [0.2, 0.25) is 0 Å². The topological polar surface area (TPSA) is 48.1 Å². The summed E-state index contributed by atoms with van der Waals surface area (Å²) in [6, 6.07) is 36.2. The number of epoxide rings is 1. The van der Waals surface area contributed by atoms with E-state index in [2.05, 4.69) is 12.1 Å². The van der Waals surface area contributed by atoms with Crippen molar-refractivity contribution in [2.75, 3.05) is 13.7 Å². The summed E-state index contributed by atoms with van der Waals surface area (Å²) < 4.78 is 60.2. The van der Waals surface area contributed by atoms with Crippen molar-refractivity contribution >= 4 is 5.97 Å². The minimum absolute atomic E-state index is 0.152. The van der Waals surface area contributed by atoms with E-state index in [1.54, 1.807) is 6.07 Å². The molecule has 5 rings (SSSR count). The number of esters is 1. The first-order valence-electron chi connectivity index (χ1n) is 13.5. The maximum absolute atomic E-state index is 14.4. The standard InChI is InChI=1S/C34H31F3O4/c1-39-33(34(35,36)37,29-20-12-5-13-21-29)30(38)40-25-24-32(28-18-10-4-11-19-28)31(41-32,27-16-8-3-9-17-27)23-22-26-14-6-2-7-15-26/h2-21H,22-25H2,1H3/t31-,32+,33?/m0/s1. The Bertz CT molecular complexity index is 1430. The van der Waals surface area contributed by atoms with Gasteiger partial charge in [0, 0.05) is 19.1 Å². The summed E-state index contributed by atoms with van der Waals surface area (Å²) in [5, 5.41) is 0. The lowest BCUT2D eigenvalue weighted by atomic mass is 9.76. The van der Waals surface area contributed by atoms with E-state index in [1.165, 1.54) is 24.3 Å². The van der Waals surface area contributed by atoms with E-state index in [0.717, 1.165) is 30.2 Å². The summed E-state index contributed by atoms with van der Waals surface area (Å²) in [6.45, 7) is -0.304. The van der Waals surface area contributed by atoms with Gasteiger partial charge < -0.3 is 14.2 Å². The van der Waals surface area contributed by atoms with Gasteiger partial charge in [0.05, 0.1) is 6.61 Å². The molecule has 41 heavy (non-hydrogen) atoms. The quantitative estimate of drug-likeness (QED) is 0.141. The minimum Gasteiger partial charge on any atom is -0.463 e. The first-order chi connectivity index (χ1) is 19.8. The van der Waals surface area contributed by atoms with Gasteiger partial charge in [0.2, 0.25) is 0 Å². The molecule has 4 nitrogen and oxygen atoms in total. The summed E-state index contributed by atoms with van der Waals surface area (Å²) in [7, 11) is 0.862. The van der Waals surface area contributed by atoms with Crippen molar-refractivity contribution in [3.05, 3.63) is 144 Å². The van der Waals surface area contributed by atoms with Gasteiger partial charge in [-0.15, -0.1) is 0 Å². The van der Waals surface area contributed by atoms with Crippen LogP contribution in [0.25, 0.3) is 0 Å². The largest absolute Gasteiger partial charge is 0.463 e. The summed E-state index contributed by atoms with van der Waals surface area (Å²) in [5.41, 5.74) is -2.30. The molecule has 1 fully saturated rings. The van der Waals surface area contributed by atoms with Gasteiger partial charge >= 0.3 is 12.1 Å². The molecule has 1 aliphatic rings. The molecule has 0 aromatic heterocycles. The fraction of sp³-hybridized carbons (Fsp3) is 0.265. The Kier molecular flexibility index (Phi) is 8.02. The summed E-state index contributed by atoms with van der Waals surface area (Å²) >= 11 is 0. The SMILES string of the molecule is COC(C(=O)OCC[C@]1(c2ccccc2)O[C@@]1(CCc1ccccc1)c1ccccc1)(c1ccccc1)C(F)(F)F. The van der Waals surface area contributed by atoms with Gasteiger partial charge in [-0.05, 0) is 29.5 Å². The molecule has 212 valence electrons. The van der Waals surface area contributed by atoms with Gasteiger partial charge in [-0.3, -0.25) is 0 Å². The van der Waals surface area contributed by atoms with E-state index in [9.17, 15) is 18.0 Å². The third-order valence-electron chi connectivity index (χ3n) is 7.91. The highest BCUT2D eigenvalue weighted by molar-refractivity contribution is 5.82. The second-order valence-corrected chi connectivity index (χ2v) is 10.1. The van der Waals surface area contributed by atoms with E-state index in [4.69, 9.17) is 14.2 Å². The van der Waals surface area contributed by atoms with Crippen molar-refractivity contribution in [2.45, 2.75) is 42.2 Å². The monoisotopic (exact) mass is 560 g/mol. The van der Waals surface area contributed by atoms with E-state index in [1.807, 2.05) is 78.9 Å². The molecule has 0 radical (unpaired) electrons. The molecule has 1 aliphatic heterocycles. The predicted molar refractivity (Wildman–Crippen MR) is 149 cm³/mol. The van der Waals surface area contributed by atoms with Gasteiger partial charge in [0.25, 0.3) is 5.60 Å². The van der Waals surface area contributed by atoms with E-state index in [-0.39, 0.29) is 18.6 Å². The zero-order valence-corrected chi connectivity index (χ0v) is 22.6. The second kappa shape index (κ2) is 11.5. The Morgan fingerprint density at radius 2 is 1.17 bits per heavy atom. The highest BCUT2D eigenvalue weighted by Gasteiger charge is 2.71. The molecule has 0 spiro atoms. The molecule has 0 bridgehead atoms. The first kappa shape index (κ1) is 28.6. The smallest absolute Gasteiger partial charge is 0.432 e. The van der Waals surface area contributed by atoms with Crippen LogP contribution in [-0.2, 0) is 42.2 Å². The number of methoxy groups -OCH3 is 1. The lowest BCUT2D eigenvalue weighted by Gasteiger charge is -2.32. The van der Waals surface area contributed by atoms with Gasteiger partial charge in [-0.2, -0.15) is 13.2 Å². The Hall–Kier alpha value is -3.94. The molecule has 1 unspecified atom stereocenters. The number of hydrogen-bond donors (Lipinski definition) is 0. The molecule has 0 amide bonds. The van der Waals surface area contributed by atoms with Gasteiger partial charge in [0.1, 0.15) is 11.2 Å². The van der Waals surface area contributed by atoms with Gasteiger partial charge in [-0.1, -0.05) is 121 Å². The molecule has 0 saturated carbocycles. The maximum Gasteiger partial charge on any atom is 0.432 e. The van der Waals surface area contributed by atoms with Crippen molar-refractivity contribution in [3.63, 3.8) is 0 Å². The summed E-state index contributed by atoms with van der Waals surface area (Å²) in [5.74, 6) is -1.52. The fourth-order valence-electron chi connectivity index (χ4n) is 5.81. The zero-order valence-electron chi connectivity index (χ0n) is 22.6. The highest BCUT2D eigenvalue weighted by Crippen LogP contribution is 2.66. The molecule has 4 aromatic rings. The number of benzene rings is 4. The molecule has 7 heteroatoms. The third-order valence-corrected chi connectivity index (χ3v) is 7.91. The van der Waals surface area contributed by atoms with Crippen molar-refractivity contribution < 1.29 is 32.2 Å². The van der Waals surface area contributed by atoms with Crippen LogP contribution in [0, 0.1) is 0 Å². The number of carbonyl (C=O) groups excluding carboxylic acids is 1. The first-order valence-corrected chi connectivity index (χ1v) is 13.5. The Morgan fingerprint density at radius 1 is 0.707 bits per heavy atom. The fourth-order valence-corrected chi connectivity index (χ4v) is 5.81. The maximum atomic E-state index is 14.4. The number of hydrogen-bond acceptors (Lipinski definition) is 4. The molecule has 0 aliphatic carbocycles. The molecule has 0 N–H and O–H groups in total. The van der Waals surface area contributed by atoms with E-state index < -0.39 is 28.9 Å². The Labute approximate surface area is 237 Å². The van der Waals surface area contributed by atoms with Crippen LogP contribution in [0.1, 0.15) is 35.1 Å². The van der Waals surface area contributed by atoms with Crippen molar-refractivity contribution in [2.24, 2.45) is 0 Å². The minimum atomic E-state index is -5.04. The van der Waals surface area contributed by atoms with Crippen LogP contribution in [0.15, 0.2) is 121 Å². The van der Waals surface area contributed by atoms with Gasteiger partial charge in [0.15, 0.2) is 0 Å². The van der Waals surface area contributed by atoms with E-state index in [0.29, 0.717) is 6.42 Å². The number of alkyl halides is 3. The van der Waals surface area contributed by atoms with Crippen molar-refractivity contribution in [3.8, 4) is 0 Å². The number of carbonyl (C=O) groups is 1. The number of halogens is 3. The van der Waals surface area contributed by atoms with Crippen LogP contribution in [0.4, 0.5) is 13.2 Å². The molecule has 1 heterocycles. The van der Waals surface area contributed by atoms with Crippen LogP contribution in [0.5, 0.6) is 0 Å². The second-order valence-electron chi connectivity index (χ2n) is 10.1. The van der Waals surface area contributed by atoms with Crippen LogP contribution in [0.3, 0.4) is 0 Å². The predicted octanol–water partition coefficient (Wildman–Crippen LogP) is 7.48. The molecule has 3 atom stereocenters. The number of aryl methyl sites for hydroxylation is 1. The van der Waals surface area contributed by atoms with Crippen molar-refractivity contribution in [1.82, 2.24) is 0 Å². The summed E-state index contributed by atoms with van der Waals surface area (Å²) in [6.07, 6.45) is -3.55. The third kappa shape index (κ3) is 5.16. The van der Waals surface area contributed by atoms with E-state index >= 15 is 0 Å². The Balaban J connectivity index is 1.45. The van der Waals surface area contributed by atoms with Crippen LogP contribution in [-0.4, -0.2) is 25.9 Å². The molecular weight excluding hydrogens is 529 g/mol. The number of ether oxygens (including phenoxy) is 3. The lowest BCUT2D eigenvalue weighted by molar-refractivity contribution is -0.276. The van der Waals surface area contributed by atoms with Crippen molar-refractivity contribution in [1.29, 1.82) is 0 Å². The summed E-state index contributed by atoms with van der Waals surface area (Å²) in [4.78, 5) is 13.2.